The summed E-state index contributed by atoms with van der Waals surface area (Å²) in [6.45, 7) is 3.40. The van der Waals surface area contributed by atoms with E-state index in [1.165, 1.54) is 30.9 Å². The molecule has 1 fully saturated rings. The Morgan fingerprint density at radius 3 is 2.56 bits per heavy atom. The minimum Gasteiger partial charge on any atom is -1.00 e. The van der Waals surface area contributed by atoms with Gasteiger partial charge < -0.3 is 27.4 Å². The van der Waals surface area contributed by atoms with Crippen LogP contribution < -0.4 is 29.0 Å². The Morgan fingerprint density at radius 1 is 1.22 bits per heavy atom. The van der Waals surface area contributed by atoms with Crippen LogP contribution in [-0.2, 0) is 20.6 Å². The SMILES string of the molecule is CC([NH2+]CCn1cnc2c1c(=O)n(C)c(=O)n2C)C(O)C1CCCCC1.[Cl-]. The zero-order valence-corrected chi connectivity index (χ0v) is 17.0. The third-order valence-corrected chi connectivity index (χ3v) is 5.80. The van der Waals surface area contributed by atoms with E-state index in [4.69, 9.17) is 0 Å². The molecule has 2 aromatic heterocycles. The molecule has 152 valence electrons. The molecule has 1 saturated carbocycles. The Hall–Kier alpha value is -1.64. The van der Waals surface area contributed by atoms with Crippen molar-refractivity contribution >= 4 is 11.2 Å². The third-order valence-electron chi connectivity index (χ3n) is 5.80. The number of rotatable bonds is 6. The average molecular weight is 400 g/mol. The van der Waals surface area contributed by atoms with Gasteiger partial charge in [0.2, 0.25) is 0 Å². The van der Waals surface area contributed by atoms with Crippen molar-refractivity contribution in [2.24, 2.45) is 20.0 Å². The van der Waals surface area contributed by atoms with Gasteiger partial charge in [-0.15, -0.1) is 0 Å². The number of aliphatic hydroxyl groups excluding tert-OH is 1. The molecule has 9 heteroatoms. The zero-order valence-electron chi connectivity index (χ0n) is 16.3. The highest BCUT2D eigenvalue weighted by Gasteiger charge is 2.28. The first kappa shape index (κ1) is 21.7. The normalized spacial score (nSPS) is 17.6. The second kappa shape index (κ2) is 9.03. The van der Waals surface area contributed by atoms with E-state index < -0.39 is 0 Å². The molecule has 2 atom stereocenters. The maximum atomic E-state index is 12.4. The fourth-order valence-corrected chi connectivity index (χ4v) is 4.09. The summed E-state index contributed by atoms with van der Waals surface area (Å²) in [5, 5.41) is 12.7. The third kappa shape index (κ3) is 4.28. The van der Waals surface area contributed by atoms with Gasteiger partial charge in [0.15, 0.2) is 11.2 Å². The van der Waals surface area contributed by atoms with Crippen molar-refractivity contribution in [1.82, 2.24) is 18.7 Å². The van der Waals surface area contributed by atoms with Gasteiger partial charge in [0.25, 0.3) is 5.56 Å². The van der Waals surface area contributed by atoms with Gasteiger partial charge >= 0.3 is 5.69 Å². The van der Waals surface area contributed by atoms with Crippen molar-refractivity contribution in [3.8, 4) is 0 Å². The molecule has 0 radical (unpaired) electrons. The molecular weight excluding hydrogens is 370 g/mol. The van der Waals surface area contributed by atoms with E-state index in [1.807, 2.05) is 0 Å². The summed E-state index contributed by atoms with van der Waals surface area (Å²) >= 11 is 0. The molecule has 0 aromatic carbocycles. The second-order valence-electron chi connectivity index (χ2n) is 7.59. The minimum absolute atomic E-state index is 0. The van der Waals surface area contributed by atoms with Crippen LogP contribution in [0.2, 0.25) is 0 Å². The van der Waals surface area contributed by atoms with E-state index >= 15 is 0 Å². The lowest BCUT2D eigenvalue weighted by molar-refractivity contribution is -0.695. The van der Waals surface area contributed by atoms with Crippen LogP contribution in [0.4, 0.5) is 0 Å². The smallest absolute Gasteiger partial charge is 0.332 e. The number of nitrogens with zero attached hydrogens (tertiary/aromatic N) is 4. The van der Waals surface area contributed by atoms with Gasteiger partial charge in [0.1, 0.15) is 12.1 Å². The molecule has 3 rings (SSSR count). The highest BCUT2D eigenvalue weighted by atomic mass is 35.5. The van der Waals surface area contributed by atoms with Crippen LogP contribution in [-0.4, -0.2) is 42.5 Å². The van der Waals surface area contributed by atoms with Gasteiger partial charge in [0, 0.05) is 14.1 Å². The van der Waals surface area contributed by atoms with Crippen molar-refractivity contribution in [2.75, 3.05) is 6.54 Å². The summed E-state index contributed by atoms with van der Waals surface area (Å²) in [5.41, 5.74) is 0.163. The molecule has 27 heavy (non-hydrogen) atoms. The number of fused-ring (bicyclic) bond motifs is 1. The number of imidazole rings is 1. The van der Waals surface area contributed by atoms with Crippen LogP contribution in [0.25, 0.3) is 11.2 Å². The van der Waals surface area contributed by atoms with E-state index in [-0.39, 0.29) is 35.8 Å². The van der Waals surface area contributed by atoms with Crippen molar-refractivity contribution in [3.63, 3.8) is 0 Å². The van der Waals surface area contributed by atoms with E-state index in [0.717, 1.165) is 24.0 Å². The number of nitrogens with two attached hydrogens (primary N) is 1. The Morgan fingerprint density at radius 2 is 1.89 bits per heavy atom. The molecule has 8 nitrogen and oxygen atoms in total. The van der Waals surface area contributed by atoms with Crippen LogP contribution in [0.3, 0.4) is 0 Å². The summed E-state index contributed by atoms with van der Waals surface area (Å²) in [5.74, 6) is 0.408. The van der Waals surface area contributed by atoms with Gasteiger partial charge in [0.05, 0.1) is 19.4 Å². The Labute approximate surface area is 164 Å². The zero-order chi connectivity index (χ0) is 18.8. The number of hydrogen-bond donors (Lipinski definition) is 2. The first-order valence-corrected chi connectivity index (χ1v) is 9.54. The minimum atomic E-state index is -0.372. The molecule has 3 N–H and O–H groups in total. The Bertz CT molecular complexity index is 881. The lowest BCUT2D eigenvalue weighted by Crippen LogP contribution is -3.00. The fraction of sp³-hybridized carbons (Fsp3) is 0.722. The predicted molar refractivity (Wildman–Crippen MR) is 99.1 cm³/mol. The highest BCUT2D eigenvalue weighted by Crippen LogP contribution is 2.27. The molecule has 1 aliphatic rings. The first-order valence-electron chi connectivity index (χ1n) is 9.54. The van der Waals surface area contributed by atoms with Crippen LogP contribution in [0.5, 0.6) is 0 Å². The van der Waals surface area contributed by atoms with Crippen molar-refractivity contribution in [1.29, 1.82) is 0 Å². The second-order valence-corrected chi connectivity index (χ2v) is 7.59. The Balaban J connectivity index is 0.00000261. The summed E-state index contributed by atoms with van der Waals surface area (Å²) in [7, 11) is 3.10. The number of aliphatic hydroxyl groups is 1. The number of quaternary nitrogens is 1. The molecular formula is C18H30ClN5O3. The highest BCUT2D eigenvalue weighted by molar-refractivity contribution is 5.69. The standard InChI is InChI=1S/C18H29N5O3.ClH/c1-12(15(24)13-7-5-4-6-8-13)19-9-10-23-11-20-16-14(23)17(25)22(3)18(26)21(16)2;/h11-13,15,19,24H,4-10H2,1-3H3;1H. The number of aromatic nitrogens is 4. The van der Waals surface area contributed by atoms with Crippen LogP contribution >= 0.6 is 0 Å². The molecule has 2 heterocycles. The van der Waals surface area contributed by atoms with Crippen LogP contribution in [0.15, 0.2) is 15.9 Å². The predicted octanol–water partition coefficient (Wildman–Crippen LogP) is -3.67. The quantitative estimate of drug-likeness (QED) is 0.523. The molecule has 2 aromatic rings. The van der Waals surface area contributed by atoms with E-state index in [2.05, 4.69) is 17.2 Å². The maximum Gasteiger partial charge on any atom is 0.332 e. The van der Waals surface area contributed by atoms with Gasteiger partial charge in [-0.05, 0) is 25.7 Å². The topological polar surface area (TPSA) is 98.7 Å². The number of halogens is 1. The fourth-order valence-electron chi connectivity index (χ4n) is 4.09. The molecule has 0 amide bonds. The number of hydrogen-bond acceptors (Lipinski definition) is 4. The van der Waals surface area contributed by atoms with Crippen LogP contribution in [0.1, 0.15) is 39.0 Å². The van der Waals surface area contributed by atoms with Gasteiger partial charge in [-0.25, -0.2) is 9.78 Å². The summed E-state index contributed by atoms with van der Waals surface area (Å²) < 4.78 is 4.30. The van der Waals surface area contributed by atoms with Crippen molar-refractivity contribution in [2.45, 2.75) is 57.7 Å². The monoisotopic (exact) mass is 399 g/mol. The summed E-state index contributed by atoms with van der Waals surface area (Å²) in [4.78, 5) is 28.7. The average Bonchev–Trinajstić information content (AvgIpc) is 3.08. The number of aryl methyl sites for hydroxylation is 1. The lowest BCUT2D eigenvalue weighted by Gasteiger charge is -2.29. The lowest BCUT2D eigenvalue weighted by atomic mass is 9.83. The van der Waals surface area contributed by atoms with Crippen molar-refractivity contribution < 1.29 is 22.8 Å². The van der Waals surface area contributed by atoms with Gasteiger partial charge in [-0.1, -0.05) is 19.3 Å². The Kier molecular flexibility index (Phi) is 7.25. The molecule has 0 saturated heterocycles. The van der Waals surface area contributed by atoms with Gasteiger partial charge in [-0.2, -0.15) is 0 Å². The summed E-state index contributed by atoms with van der Waals surface area (Å²) in [6.07, 6.45) is 7.29. The molecule has 0 bridgehead atoms. The molecule has 1 aliphatic carbocycles. The molecule has 0 aliphatic heterocycles. The van der Waals surface area contributed by atoms with E-state index in [1.54, 1.807) is 17.9 Å². The first-order chi connectivity index (χ1) is 12.4. The van der Waals surface area contributed by atoms with E-state index in [0.29, 0.717) is 23.6 Å². The van der Waals surface area contributed by atoms with Crippen molar-refractivity contribution in [3.05, 3.63) is 27.2 Å². The molecule has 2 unspecified atom stereocenters. The van der Waals surface area contributed by atoms with Crippen LogP contribution in [0, 0.1) is 5.92 Å². The summed E-state index contributed by atoms with van der Waals surface area (Å²) in [6, 6.07) is 0.125. The van der Waals surface area contributed by atoms with Gasteiger partial charge in [-0.3, -0.25) is 13.9 Å². The largest absolute Gasteiger partial charge is 1.00 e. The maximum absolute atomic E-state index is 12.4. The molecule has 0 spiro atoms. The van der Waals surface area contributed by atoms with E-state index in [9.17, 15) is 14.7 Å².